The summed E-state index contributed by atoms with van der Waals surface area (Å²) in [7, 11) is 0. The number of rotatable bonds is 7. The number of aliphatic carboxylic acids is 1. The van der Waals surface area contributed by atoms with E-state index in [9.17, 15) is 14.4 Å². The number of esters is 1. The van der Waals surface area contributed by atoms with E-state index in [1.807, 2.05) is 6.92 Å². The van der Waals surface area contributed by atoms with E-state index in [1.165, 1.54) is 0 Å². The van der Waals surface area contributed by atoms with Gasteiger partial charge in [-0.3, -0.25) is 4.79 Å². The summed E-state index contributed by atoms with van der Waals surface area (Å²) in [6.45, 7) is 7.15. The number of unbranched alkanes of at least 4 members (excludes halogenated alkanes) is 1. The number of ether oxygens (including phenoxy) is 2. The van der Waals surface area contributed by atoms with E-state index in [0.29, 0.717) is 6.42 Å². The lowest BCUT2D eigenvalue weighted by Gasteiger charge is -2.21. The molecule has 0 bridgehead atoms. The first kappa shape index (κ1) is 18.2. The Morgan fingerprint density at radius 3 is 2.30 bits per heavy atom. The van der Waals surface area contributed by atoms with Gasteiger partial charge in [-0.25, -0.2) is 9.59 Å². The first-order valence-electron chi connectivity index (χ1n) is 6.53. The molecule has 0 fully saturated rings. The highest BCUT2D eigenvalue weighted by Gasteiger charge is 2.26. The zero-order valence-corrected chi connectivity index (χ0v) is 12.4. The first-order valence-corrected chi connectivity index (χ1v) is 6.53. The largest absolute Gasteiger partial charge is 0.480 e. The summed E-state index contributed by atoms with van der Waals surface area (Å²) >= 11 is 0. The van der Waals surface area contributed by atoms with Gasteiger partial charge in [0.05, 0.1) is 13.0 Å². The van der Waals surface area contributed by atoms with Gasteiger partial charge in [-0.1, -0.05) is 13.3 Å². The van der Waals surface area contributed by atoms with Gasteiger partial charge < -0.3 is 19.9 Å². The number of carboxylic acids is 1. The van der Waals surface area contributed by atoms with E-state index in [0.717, 1.165) is 6.42 Å². The normalized spacial score (nSPS) is 12.4. The van der Waals surface area contributed by atoms with Crippen molar-refractivity contribution < 1.29 is 29.0 Å². The predicted octanol–water partition coefficient (Wildman–Crippen LogP) is 1.70. The summed E-state index contributed by atoms with van der Waals surface area (Å²) < 4.78 is 9.78. The number of hydrogen-bond acceptors (Lipinski definition) is 5. The van der Waals surface area contributed by atoms with Crippen molar-refractivity contribution in [2.75, 3.05) is 6.61 Å². The summed E-state index contributed by atoms with van der Waals surface area (Å²) in [6, 6.07) is -1.36. The van der Waals surface area contributed by atoms with Crippen molar-refractivity contribution in [1.29, 1.82) is 0 Å². The number of hydrogen-bond donors (Lipinski definition) is 2. The van der Waals surface area contributed by atoms with Crippen LogP contribution in [0.15, 0.2) is 0 Å². The van der Waals surface area contributed by atoms with Gasteiger partial charge in [-0.2, -0.15) is 0 Å². The zero-order chi connectivity index (χ0) is 15.8. The Balaban J connectivity index is 4.33. The second kappa shape index (κ2) is 8.39. The maximum Gasteiger partial charge on any atom is 0.408 e. The second-order valence-corrected chi connectivity index (χ2v) is 5.32. The van der Waals surface area contributed by atoms with Crippen molar-refractivity contribution in [2.45, 2.75) is 58.6 Å². The fraction of sp³-hybridized carbons (Fsp3) is 0.769. The van der Waals surface area contributed by atoms with Crippen LogP contribution in [0.2, 0.25) is 0 Å². The molecule has 7 nitrogen and oxygen atoms in total. The third-order valence-corrected chi connectivity index (χ3v) is 2.12. The van der Waals surface area contributed by atoms with Gasteiger partial charge in [0.2, 0.25) is 0 Å². The van der Waals surface area contributed by atoms with Crippen LogP contribution in [0.25, 0.3) is 0 Å². The first-order chi connectivity index (χ1) is 9.15. The van der Waals surface area contributed by atoms with Crippen molar-refractivity contribution in [3.63, 3.8) is 0 Å². The van der Waals surface area contributed by atoms with Gasteiger partial charge in [0.1, 0.15) is 11.6 Å². The fourth-order valence-corrected chi connectivity index (χ4v) is 1.21. The molecule has 0 aliphatic heterocycles. The number of carboxylic acid groups (broad SMARTS) is 1. The van der Waals surface area contributed by atoms with Crippen molar-refractivity contribution in [1.82, 2.24) is 5.32 Å². The molecule has 0 aromatic carbocycles. The molecule has 0 radical (unpaired) electrons. The Kier molecular flexibility index (Phi) is 7.64. The minimum atomic E-state index is -1.36. The van der Waals surface area contributed by atoms with Gasteiger partial charge in [-0.05, 0) is 27.2 Å². The van der Waals surface area contributed by atoms with Crippen LogP contribution in [0, 0.1) is 0 Å². The highest BCUT2D eigenvalue weighted by Crippen LogP contribution is 2.07. The fourth-order valence-electron chi connectivity index (χ4n) is 1.21. The molecule has 116 valence electrons. The van der Waals surface area contributed by atoms with Crippen LogP contribution >= 0.6 is 0 Å². The Morgan fingerprint density at radius 2 is 1.85 bits per heavy atom. The molecule has 1 amide bonds. The molecule has 0 rings (SSSR count). The van der Waals surface area contributed by atoms with Crippen LogP contribution in [-0.4, -0.2) is 41.4 Å². The minimum Gasteiger partial charge on any atom is -0.480 e. The monoisotopic (exact) mass is 289 g/mol. The number of amides is 1. The molecule has 0 aliphatic rings. The summed E-state index contributed by atoms with van der Waals surface area (Å²) in [5.41, 5.74) is -0.741. The number of carbonyl (C=O) groups excluding carboxylic acids is 2. The molecule has 0 saturated heterocycles. The van der Waals surface area contributed by atoms with Crippen LogP contribution in [0.1, 0.15) is 47.0 Å². The van der Waals surface area contributed by atoms with Gasteiger partial charge in [0.25, 0.3) is 0 Å². The summed E-state index contributed by atoms with van der Waals surface area (Å²) in [6.07, 6.45) is 0.263. The average molecular weight is 289 g/mol. The molecule has 7 heteroatoms. The molecule has 0 aliphatic carbocycles. The van der Waals surface area contributed by atoms with E-state index in [4.69, 9.17) is 14.6 Å². The molecule has 0 aromatic heterocycles. The standard InChI is InChI=1S/C13H23NO6/c1-5-6-7-19-10(15)8-9(11(16)17)14-12(18)20-13(2,3)4/h9H,5-8H2,1-4H3,(H,14,18)(H,16,17)/t9-/m0/s1. The molecule has 0 aromatic rings. The van der Waals surface area contributed by atoms with E-state index in [-0.39, 0.29) is 6.61 Å². The Morgan fingerprint density at radius 1 is 1.25 bits per heavy atom. The number of nitrogens with one attached hydrogen (secondary N) is 1. The van der Waals surface area contributed by atoms with Crippen molar-refractivity contribution in [3.05, 3.63) is 0 Å². The lowest BCUT2D eigenvalue weighted by atomic mass is 10.2. The molecule has 2 N–H and O–H groups in total. The number of carbonyl (C=O) groups is 3. The van der Waals surface area contributed by atoms with Crippen molar-refractivity contribution in [2.24, 2.45) is 0 Å². The van der Waals surface area contributed by atoms with Gasteiger partial charge in [0, 0.05) is 0 Å². The van der Waals surface area contributed by atoms with Gasteiger partial charge >= 0.3 is 18.0 Å². The number of alkyl carbamates (subject to hydrolysis) is 1. The van der Waals surface area contributed by atoms with E-state index >= 15 is 0 Å². The molecule has 1 atom stereocenters. The summed E-state index contributed by atoms with van der Waals surface area (Å²) in [4.78, 5) is 33.9. The molecule has 0 spiro atoms. The minimum absolute atomic E-state index is 0.244. The molecule has 0 unspecified atom stereocenters. The average Bonchev–Trinajstić information content (AvgIpc) is 2.25. The van der Waals surface area contributed by atoms with E-state index in [1.54, 1.807) is 20.8 Å². The highest BCUT2D eigenvalue weighted by atomic mass is 16.6. The van der Waals surface area contributed by atoms with Gasteiger partial charge in [-0.15, -0.1) is 0 Å². The third kappa shape index (κ3) is 9.18. The zero-order valence-electron chi connectivity index (χ0n) is 12.4. The molecule has 20 heavy (non-hydrogen) atoms. The van der Waals surface area contributed by atoms with Crippen LogP contribution in [0.4, 0.5) is 4.79 Å². The lowest BCUT2D eigenvalue weighted by molar-refractivity contribution is -0.149. The topological polar surface area (TPSA) is 102 Å². The molecule has 0 saturated carbocycles. The van der Waals surface area contributed by atoms with E-state index in [2.05, 4.69) is 5.32 Å². The second-order valence-electron chi connectivity index (χ2n) is 5.32. The summed E-state index contributed by atoms with van der Waals surface area (Å²) in [5.74, 6) is -1.98. The van der Waals surface area contributed by atoms with Crippen molar-refractivity contribution in [3.8, 4) is 0 Å². The predicted molar refractivity (Wildman–Crippen MR) is 71.3 cm³/mol. The van der Waals surface area contributed by atoms with Crippen LogP contribution < -0.4 is 5.32 Å². The highest BCUT2D eigenvalue weighted by molar-refractivity contribution is 5.85. The smallest absolute Gasteiger partial charge is 0.408 e. The Bertz CT molecular complexity index is 347. The Hall–Kier alpha value is -1.79. The maximum atomic E-state index is 11.5. The SMILES string of the molecule is CCCCOC(=O)C[C@H](NC(=O)OC(C)(C)C)C(=O)O. The third-order valence-electron chi connectivity index (χ3n) is 2.12. The molecule has 0 heterocycles. The van der Waals surface area contributed by atoms with E-state index < -0.39 is 36.1 Å². The Labute approximate surface area is 118 Å². The van der Waals surface area contributed by atoms with Crippen LogP contribution in [-0.2, 0) is 19.1 Å². The lowest BCUT2D eigenvalue weighted by Crippen LogP contribution is -2.44. The van der Waals surface area contributed by atoms with Crippen molar-refractivity contribution >= 4 is 18.0 Å². The maximum absolute atomic E-state index is 11.5. The van der Waals surface area contributed by atoms with Crippen LogP contribution in [0.5, 0.6) is 0 Å². The quantitative estimate of drug-likeness (QED) is 0.546. The van der Waals surface area contributed by atoms with Crippen LogP contribution in [0.3, 0.4) is 0 Å². The summed E-state index contributed by atoms with van der Waals surface area (Å²) in [5, 5.41) is 11.1. The van der Waals surface area contributed by atoms with Gasteiger partial charge in [0.15, 0.2) is 0 Å². The molecular weight excluding hydrogens is 266 g/mol. The molecular formula is C13H23NO6.